The third-order valence-corrected chi connectivity index (χ3v) is 38.2. The summed E-state index contributed by atoms with van der Waals surface area (Å²) in [6, 6.07) is 53.4. The van der Waals surface area contributed by atoms with Crippen molar-refractivity contribution in [3.05, 3.63) is 204 Å². The summed E-state index contributed by atoms with van der Waals surface area (Å²) in [5, 5.41) is 0. The third kappa shape index (κ3) is 4.87. The fourth-order valence-corrected chi connectivity index (χ4v) is 44.1. The zero-order valence-corrected chi connectivity index (χ0v) is 30.0. The van der Waals surface area contributed by atoms with Gasteiger partial charge in [0.2, 0.25) is 0 Å². The van der Waals surface area contributed by atoms with Crippen molar-refractivity contribution in [1.29, 1.82) is 0 Å². The van der Waals surface area contributed by atoms with E-state index in [1.165, 1.54) is 0 Å². The predicted molar refractivity (Wildman–Crippen MR) is 192 cm³/mol. The number of anilines is 2. The van der Waals surface area contributed by atoms with Crippen molar-refractivity contribution in [2.75, 3.05) is 5.63 Å². The van der Waals surface area contributed by atoms with E-state index in [-0.39, 0.29) is 18.5 Å². The van der Waals surface area contributed by atoms with Crippen LogP contribution in [0.3, 0.4) is 0 Å². The first-order valence-electron chi connectivity index (χ1n) is 15.6. The van der Waals surface area contributed by atoms with E-state index in [0.717, 1.165) is 0 Å². The minimum absolute atomic E-state index is 0.347. The molecule has 8 heteroatoms. The Balaban J connectivity index is 1.66. The molecule has 1 fully saturated rings. The Labute approximate surface area is 284 Å². The average Bonchev–Trinajstić information content (AvgIpc) is 3.16. The van der Waals surface area contributed by atoms with Crippen molar-refractivity contribution in [2.45, 2.75) is 0 Å². The number of hydrogen-bond donors (Lipinski definition) is 0. The van der Waals surface area contributed by atoms with Gasteiger partial charge < -0.3 is 0 Å². The molecule has 6 aromatic carbocycles. The summed E-state index contributed by atoms with van der Waals surface area (Å²) in [5.74, 6) is 0. The van der Waals surface area contributed by atoms with Gasteiger partial charge in [-0.3, -0.25) is 0 Å². The first-order valence-corrected chi connectivity index (χ1v) is 23.6. The van der Waals surface area contributed by atoms with Crippen LogP contribution in [-0.2, 0) is 0 Å². The molecule has 6 nitrogen and oxygen atoms in total. The molecule has 0 radical (unpaired) electrons. The Hall–Kier alpha value is -5.31. The van der Waals surface area contributed by atoms with Gasteiger partial charge in [-0.25, -0.2) is 0 Å². The molecule has 0 bridgehead atoms. The maximum absolute atomic E-state index is 15.5. The fraction of sp³-hybridized carbons (Fsp3) is 0. The van der Waals surface area contributed by atoms with Crippen LogP contribution in [0.5, 0.6) is 0 Å². The molecule has 7 rings (SSSR count). The number of hydrogen-bond acceptors (Lipinski definition) is 6. The first kappa shape index (κ1) is 31.3. The van der Waals surface area contributed by atoms with Crippen LogP contribution in [0.2, 0.25) is 0 Å². The Kier molecular flexibility index (Phi) is 8.52. The van der Waals surface area contributed by atoms with Crippen molar-refractivity contribution in [3.8, 4) is 0 Å². The van der Waals surface area contributed by atoms with Crippen molar-refractivity contribution in [3.63, 3.8) is 0 Å². The molecule has 0 unspecified atom stereocenters. The van der Waals surface area contributed by atoms with E-state index in [4.69, 9.17) is 0 Å². The van der Waals surface area contributed by atoms with Gasteiger partial charge in [-0.2, -0.15) is 0 Å². The maximum atomic E-state index is 15.5. The molecule has 0 N–H and O–H groups in total. The molecule has 0 amide bonds. The van der Waals surface area contributed by atoms with Crippen LogP contribution in [0.25, 0.3) is 0 Å². The molecule has 48 heavy (non-hydrogen) atoms. The van der Waals surface area contributed by atoms with E-state index < -0.39 is 27.4 Å². The van der Waals surface area contributed by atoms with Crippen molar-refractivity contribution in [1.82, 2.24) is 0 Å². The number of rotatable bonds is 10. The number of nitrogens with zero attached hydrogens (tertiary/aromatic N) is 2. The molecule has 1 heterocycles. The molecule has 0 spiro atoms. The first-order chi connectivity index (χ1) is 23.5. The van der Waals surface area contributed by atoms with Gasteiger partial charge >= 0.3 is 286 Å². The summed E-state index contributed by atoms with van der Waals surface area (Å²) < 4.78 is 2.28. The van der Waals surface area contributed by atoms with Crippen LogP contribution in [0, 0.1) is 0 Å². The van der Waals surface area contributed by atoms with E-state index in [0.29, 0.717) is 33.6 Å². The van der Waals surface area contributed by atoms with E-state index >= 15 is 19.2 Å². The Morgan fingerprint density at radius 3 is 0.688 bits per heavy atom. The quantitative estimate of drug-likeness (QED) is 0.135. The summed E-state index contributed by atoms with van der Waals surface area (Å²) >= 11 is -10.6. The summed E-state index contributed by atoms with van der Waals surface area (Å²) in [4.78, 5) is 62.1. The van der Waals surface area contributed by atoms with Crippen LogP contribution in [0.1, 0.15) is 41.4 Å². The van der Waals surface area contributed by atoms with Gasteiger partial charge in [-0.15, -0.1) is 0 Å². The van der Waals surface area contributed by atoms with E-state index in [2.05, 4.69) is 0 Å². The number of carbonyl (C=O) groups excluding carboxylic acids is 4. The molecule has 1 aliphatic heterocycles. The fourth-order valence-electron chi connectivity index (χ4n) is 6.71. The molecular weight excluding hydrogens is 718 g/mol. The summed E-state index contributed by atoms with van der Waals surface area (Å²) in [6.07, 6.45) is 0. The molecule has 0 aliphatic carbocycles. The second-order valence-corrected chi connectivity index (χ2v) is 28.6. The Morgan fingerprint density at radius 1 is 0.292 bits per heavy atom. The molecule has 0 atom stereocenters. The van der Waals surface area contributed by atoms with Crippen LogP contribution >= 0.6 is 0 Å². The van der Waals surface area contributed by atoms with Gasteiger partial charge in [0, 0.05) is 0 Å². The minimum atomic E-state index is -5.29. The van der Waals surface area contributed by atoms with Gasteiger partial charge in [0.25, 0.3) is 0 Å². The van der Waals surface area contributed by atoms with Gasteiger partial charge in [0.15, 0.2) is 0 Å². The van der Waals surface area contributed by atoms with Crippen LogP contribution in [0.4, 0.5) is 11.4 Å². The molecule has 232 valence electrons. The zero-order chi connectivity index (χ0) is 33.1. The number of para-hydroxylation sites is 2. The molecule has 0 saturated carbocycles. The van der Waals surface area contributed by atoms with E-state index in [9.17, 15) is 0 Å². The zero-order valence-electron chi connectivity index (χ0n) is 25.8. The topological polar surface area (TPSA) is 74.8 Å². The molecule has 1 aliphatic rings. The predicted octanol–water partition coefficient (Wildman–Crippen LogP) is 7.59. The van der Waals surface area contributed by atoms with Gasteiger partial charge in [0.05, 0.1) is 0 Å². The SMILES string of the molecule is O=[C](c1ccccc1)[Ge]1([C](=O)c2ccccc2)[N](c2ccccc2)[Ge]([C](=O)c2ccccc2)([C](=O)c2ccccc2)[N]1c1ccccc1. The Bertz CT molecular complexity index is 1830. The summed E-state index contributed by atoms with van der Waals surface area (Å²) in [6.45, 7) is 0. The van der Waals surface area contributed by atoms with E-state index in [1.54, 1.807) is 97.1 Å². The standard InChI is InChI=1S/C40H30Ge2N2O4/c45-37(31-19-7-1-8-20-31)41(38(46)32-21-9-2-10-22-32)43(35-27-15-5-16-28-35)42(39(47)33-23-11-3-12-24-33,40(48)34-25-13-4-14-26-34)44(41)36-29-17-6-18-30-36/h1-30H. The van der Waals surface area contributed by atoms with Crippen LogP contribution in [0.15, 0.2) is 182 Å². The normalized spacial score (nSPS) is 14.4. The number of carbonyl (C=O) groups is 4. The van der Waals surface area contributed by atoms with Crippen molar-refractivity contribution >= 4 is 57.3 Å². The van der Waals surface area contributed by atoms with Gasteiger partial charge in [-0.05, 0) is 0 Å². The van der Waals surface area contributed by atoms with Crippen molar-refractivity contribution in [2.24, 2.45) is 0 Å². The third-order valence-electron chi connectivity index (χ3n) is 8.73. The average molecular weight is 748 g/mol. The monoisotopic (exact) mass is 750 g/mol. The van der Waals surface area contributed by atoms with Crippen LogP contribution < -0.4 is 5.63 Å². The van der Waals surface area contributed by atoms with Crippen molar-refractivity contribution < 1.29 is 19.2 Å². The second kappa shape index (κ2) is 13.1. The second-order valence-electron chi connectivity index (χ2n) is 11.5. The molecule has 0 aromatic heterocycles. The number of benzene rings is 6. The van der Waals surface area contributed by atoms with Gasteiger partial charge in [-0.1, -0.05) is 0 Å². The Morgan fingerprint density at radius 2 is 0.479 bits per heavy atom. The van der Waals surface area contributed by atoms with Crippen LogP contribution in [-0.4, -0.2) is 45.9 Å². The molecule has 1 saturated heterocycles. The summed E-state index contributed by atoms with van der Waals surface area (Å²) in [7, 11) is 0. The molecular formula is C40H30Ge2N2O4. The molecule has 6 aromatic rings. The van der Waals surface area contributed by atoms with Gasteiger partial charge in [0.1, 0.15) is 0 Å². The van der Waals surface area contributed by atoms with E-state index in [1.807, 2.05) is 90.6 Å². The summed E-state index contributed by atoms with van der Waals surface area (Å²) in [5.41, 5.74) is 2.48.